The minimum atomic E-state index is -1.02. The van der Waals surface area contributed by atoms with Crippen molar-refractivity contribution < 1.29 is 18.6 Å². The lowest BCUT2D eigenvalue weighted by Gasteiger charge is -2.36. The van der Waals surface area contributed by atoms with Gasteiger partial charge in [0, 0.05) is 45.2 Å². The van der Waals surface area contributed by atoms with Crippen molar-refractivity contribution in [1.29, 1.82) is 5.41 Å². The zero-order valence-corrected chi connectivity index (χ0v) is 11.8. The van der Waals surface area contributed by atoms with E-state index in [2.05, 4.69) is 0 Å². The molecule has 5 nitrogen and oxygen atoms in total. The van der Waals surface area contributed by atoms with Crippen molar-refractivity contribution in [1.82, 2.24) is 0 Å². The first-order chi connectivity index (χ1) is 9.82. The van der Waals surface area contributed by atoms with Gasteiger partial charge in [0.25, 0.3) is 0 Å². The van der Waals surface area contributed by atoms with Crippen LogP contribution in [0, 0.1) is 17.0 Å². The summed E-state index contributed by atoms with van der Waals surface area (Å²) in [4.78, 5) is 1.35. The Morgan fingerprint density at radius 2 is 1.90 bits per heavy atom. The van der Waals surface area contributed by atoms with Gasteiger partial charge in [-0.1, -0.05) is 0 Å². The van der Waals surface area contributed by atoms with Gasteiger partial charge in [-0.05, 0) is 12.1 Å². The van der Waals surface area contributed by atoms with Crippen molar-refractivity contribution >= 4 is 11.5 Å². The van der Waals surface area contributed by atoms with Crippen LogP contribution in [0.1, 0.15) is 18.4 Å². The number of likely N-dealkylation sites (N-methyl/N-ethyl adjacent to an activating group) is 1. The van der Waals surface area contributed by atoms with Crippen LogP contribution in [-0.2, 0) is 4.74 Å². The highest BCUT2D eigenvalue weighted by Crippen LogP contribution is 2.28. The third-order valence-corrected chi connectivity index (χ3v) is 3.66. The highest BCUT2D eigenvalue weighted by atomic mass is 19.1. The van der Waals surface area contributed by atoms with E-state index in [9.17, 15) is 13.9 Å². The van der Waals surface area contributed by atoms with E-state index in [0.717, 1.165) is 12.1 Å². The van der Waals surface area contributed by atoms with Crippen LogP contribution in [0.25, 0.3) is 0 Å². The van der Waals surface area contributed by atoms with Gasteiger partial charge in [0.2, 0.25) is 0 Å². The number of nitrogens with two attached hydrogens (primary N) is 1. The lowest BCUT2D eigenvalue weighted by atomic mass is 9.93. The molecule has 1 heterocycles. The van der Waals surface area contributed by atoms with Crippen molar-refractivity contribution in [2.75, 3.05) is 31.7 Å². The van der Waals surface area contributed by atoms with Crippen LogP contribution in [0.15, 0.2) is 12.1 Å². The van der Waals surface area contributed by atoms with Gasteiger partial charge in [0.15, 0.2) is 0 Å². The Morgan fingerprint density at radius 3 is 2.38 bits per heavy atom. The van der Waals surface area contributed by atoms with Gasteiger partial charge in [0.1, 0.15) is 23.2 Å². The maximum atomic E-state index is 14.1. The molecule has 4 N–H and O–H groups in total. The second-order valence-electron chi connectivity index (χ2n) is 5.39. The number of aliphatic hydroxyl groups is 1. The second-order valence-corrected chi connectivity index (χ2v) is 5.39. The quantitative estimate of drug-likeness (QED) is 0.577. The van der Waals surface area contributed by atoms with E-state index in [1.165, 1.54) is 11.9 Å². The Hall–Kier alpha value is -1.73. The number of amidine groups is 1. The number of benzene rings is 1. The molecule has 0 aromatic heterocycles. The number of hydrogen-bond acceptors (Lipinski definition) is 4. The molecule has 2 rings (SSSR count). The molecule has 1 fully saturated rings. The molecule has 0 unspecified atom stereocenters. The molecule has 0 bridgehead atoms. The summed E-state index contributed by atoms with van der Waals surface area (Å²) in [5, 5.41) is 17.6. The maximum Gasteiger partial charge on any atom is 0.150 e. The van der Waals surface area contributed by atoms with Gasteiger partial charge >= 0.3 is 0 Å². The van der Waals surface area contributed by atoms with Gasteiger partial charge in [-0.15, -0.1) is 0 Å². The lowest BCUT2D eigenvalue weighted by molar-refractivity contribution is -0.0573. The summed E-state index contributed by atoms with van der Waals surface area (Å²) in [6.45, 7) is 0.959. The first-order valence-corrected chi connectivity index (χ1v) is 6.67. The second kappa shape index (κ2) is 5.95. The van der Waals surface area contributed by atoms with Crippen LogP contribution in [0.3, 0.4) is 0 Å². The summed E-state index contributed by atoms with van der Waals surface area (Å²) < 4.78 is 33.3. The summed E-state index contributed by atoms with van der Waals surface area (Å²) in [5.74, 6) is -2.01. The topological polar surface area (TPSA) is 82.6 Å². The third kappa shape index (κ3) is 3.48. The normalized spacial score (nSPS) is 17.5. The summed E-state index contributed by atoms with van der Waals surface area (Å²) in [6.07, 6.45) is 0.845. The Labute approximate surface area is 121 Å². The molecule has 0 radical (unpaired) electrons. The number of nitrogens with one attached hydrogen (secondary N) is 1. The Bertz CT molecular complexity index is 522. The molecule has 116 valence electrons. The number of hydrogen-bond donors (Lipinski definition) is 3. The lowest BCUT2D eigenvalue weighted by Crippen LogP contribution is -2.46. The average molecular weight is 299 g/mol. The van der Waals surface area contributed by atoms with Crippen molar-refractivity contribution in [3.63, 3.8) is 0 Å². The smallest absolute Gasteiger partial charge is 0.150 e. The number of nitrogen functional groups attached to an aromatic ring is 1. The minimum Gasteiger partial charge on any atom is -0.388 e. The van der Waals surface area contributed by atoms with Crippen molar-refractivity contribution in [2.45, 2.75) is 18.4 Å². The Balaban J connectivity index is 2.22. The minimum absolute atomic E-state index is 0.00747. The number of ether oxygens (including phenoxy) is 1. The number of anilines is 1. The van der Waals surface area contributed by atoms with Crippen molar-refractivity contribution in [3.8, 4) is 0 Å². The molecule has 0 saturated carbocycles. The number of halogens is 2. The molecule has 0 atom stereocenters. The predicted molar refractivity (Wildman–Crippen MR) is 75.6 cm³/mol. The van der Waals surface area contributed by atoms with Gasteiger partial charge in [-0.2, -0.15) is 0 Å². The first-order valence-electron chi connectivity index (χ1n) is 6.67. The zero-order chi connectivity index (χ0) is 15.6. The van der Waals surface area contributed by atoms with E-state index in [1.54, 1.807) is 0 Å². The van der Waals surface area contributed by atoms with E-state index in [1.807, 2.05) is 0 Å². The number of nitrogens with zero attached hydrogens (tertiary/aromatic N) is 1. The summed E-state index contributed by atoms with van der Waals surface area (Å²) in [6, 6.07) is 2.04. The van der Waals surface area contributed by atoms with E-state index in [0.29, 0.717) is 26.1 Å². The molecule has 7 heteroatoms. The molecule has 0 aliphatic carbocycles. The Kier molecular flexibility index (Phi) is 4.43. The average Bonchev–Trinajstić information content (AvgIpc) is 2.37. The van der Waals surface area contributed by atoms with Crippen LogP contribution < -0.4 is 10.6 Å². The fraction of sp³-hybridized carbons (Fsp3) is 0.500. The molecule has 1 aliphatic rings. The summed E-state index contributed by atoms with van der Waals surface area (Å²) in [5.41, 5.74) is 3.96. The molecule has 1 aliphatic heterocycles. The molecule has 21 heavy (non-hydrogen) atoms. The van der Waals surface area contributed by atoms with E-state index < -0.39 is 23.1 Å². The van der Waals surface area contributed by atoms with Gasteiger partial charge < -0.3 is 20.5 Å². The molecular weight excluding hydrogens is 280 g/mol. The van der Waals surface area contributed by atoms with Crippen LogP contribution in [-0.4, -0.2) is 43.3 Å². The first kappa shape index (κ1) is 15.7. The maximum absolute atomic E-state index is 14.1. The third-order valence-electron chi connectivity index (χ3n) is 3.66. The monoisotopic (exact) mass is 299 g/mol. The van der Waals surface area contributed by atoms with Crippen LogP contribution in [0.5, 0.6) is 0 Å². The molecular formula is C14H19F2N3O2. The molecule has 1 aromatic rings. The van der Waals surface area contributed by atoms with E-state index in [-0.39, 0.29) is 17.8 Å². The Morgan fingerprint density at radius 1 is 1.38 bits per heavy atom. The van der Waals surface area contributed by atoms with E-state index >= 15 is 0 Å². The molecule has 1 saturated heterocycles. The standard InChI is InChI=1S/C14H19F2N3O2/c1-19(8-14(20)2-4-21-5-3-14)12-10(15)6-9(13(17)18)7-11(12)16/h6-7,20H,2-5,8H2,1H3,(H3,17,18). The predicted octanol–water partition coefficient (Wildman–Crippen LogP) is 1.23. The van der Waals surface area contributed by atoms with Crippen LogP contribution >= 0.6 is 0 Å². The van der Waals surface area contributed by atoms with Crippen molar-refractivity contribution in [2.24, 2.45) is 5.73 Å². The highest BCUT2D eigenvalue weighted by molar-refractivity contribution is 5.95. The molecule has 1 aromatic carbocycles. The van der Waals surface area contributed by atoms with Gasteiger partial charge in [-0.25, -0.2) is 8.78 Å². The van der Waals surface area contributed by atoms with Crippen LogP contribution in [0.2, 0.25) is 0 Å². The molecule has 0 spiro atoms. The SMILES string of the molecule is CN(CC1(O)CCOCC1)c1c(F)cc(C(=N)N)cc1F. The largest absolute Gasteiger partial charge is 0.388 e. The van der Waals surface area contributed by atoms with Gasteiger partial charge in [-0.3, -0.25) is 5.41 Å². The summed E-state index contributed by atoms with van der Waals surface area (Å²) in [7, 11) is 1.52. The van der Waals surface area contributed by atoms with E-state index in [4.69, 9.17) is 15.9 Å². The highest BCUT2D eigenvalue weighted by Gasteiger charge is 2.32. The van der Waals surface area contributed by atoms with Crippen LogP contribution in [0.4, 0.5) is 14.5 Å². The zero-order valence-electron chi connectivity index (χ0n) is 11.8. The summed E-state index contributed by atoms with van der Waals surface area (Å²) >= 11 is 0. The molecule has 0 amide bonds. The number of rotatable bonds is 4. The fourth-order valence-corrected chi connectivity index (χ4v) is 2.52. The fourth-order valence-electron chi connectivity index (χ4n) is 2.52. The van der Waals surface area contributed by atoms with Gasteiger partial charge in [0.05, 0.1) is 5.60 Å². The van der Waals surface area contributed by atoms with Crippen molar-refractivity contribution in [3.05, 3.63) is 29.3 Å².